The Morgan fingerprint density at radius 1 is 1.17 bits per heavy atom. The Morgan fingerprint density at radius 3 is 2.42 bits per heavy atom. The monoisotopic (exact) mass is 359 g/mol. The number of rotatable bonds is 10. The molecule has 0 saturated carbocycles. The van der Waals surface area contributed by atoms with Gasteiger partial charge in [-0.25, -0.2) is 17.9 Å². The molecular weight excluding hydrogens is 338 g/mol. The van der Waals surface area contributed by atoms with E-state index in [9.17, 15) is 18.0 Å². The molecule has 0 heterocycles. The van der Waals surface area contributed by atoms with Crippen molar-refractivity contribution in [3.05, 3.63) is 24.3 Å². The van der Waals surface area contributed by atoms with Crippen molar-refractivity contribution in [2.24, 2.45) is 0 Å². The van der Waals surface area contributed by atoms with Crippen molar-refractivity contribution in [1.82, 2.24) is 10.0 Å². The van der Waals surface area contributed by atoms with Crippen LogP contribution < -0.4 is 15.4 Å². The van der Waals surface area contributed by atoms with Gasteiger partial charge >= 0.3 is 12.0 Å². The SMILES string of the molecule is COCCNS(=O)(=O)c1ccc(NC(=O)NCCCC(=O)O)cc1. The number of carboxylic acids is 1. The topological polar surface area (TPSA) is 134 Å². The van der Waals surface area contributed by atoms with Crippen molar-refractivity contribution >= 4 is 27.7 Å². The third-order valence-corrected chi connectivity index (χ3v) is 4.35. The standard InChI is InChI=1S/C14H21N3O6S/c1-23-10-9-16-24(21,22)12-6-4-11(5-7-12)17-14(20)15-8-2-3-13(18)19/h4-7,16H,2-3,8-10H2,1H3,(H,18,19)(H2,15,17,20). The molecule has 0 aromatic heterocycles. The quantitative estimate of drug-likeness (QED) is 0.452. The number of aliphatic carboxylic acids is 1. The lowest BCUT2D eigenvalue weighted by atomic mass is 10.3. The highest BCUT2D eigenvalue weighted by Gasteiger charge is 2.13. The Labute approximate surface area is 140 Å². The molecule has 24 heavy (non-hydrogen) atoms. The van der Waals surface area contributed by atoms with Gasteiger partial charge in [-0.3, -0.25) is 4.79 Å². The van der Waals surface area contributed by atoms with Gasteiger partial charge in [-0.05, 0) is 30.7 Å². The van der Waals surface area contributed by atoms with E-state index in [0.29, 0.717) is 12.1 Å². The number of carbonyl (C=O) groups is 2. The molecule has 0 aliphatic carbocycles. The second kappa shape index (κ2) is 9.85. The molecule has 2 amide bonds. The van der Waals surface area contributed by atoms with Crippen LogP contribution in [-0.2, 0) is 19.6 Å². The average molecular weight is 359 g/mol. The lowest BCUT2D eigenvalue weighted by Crippen LogP contribution is -2.30. The third kappa shape index (κ3) is 7.40. The number of methoxy groups -OCH3 is 1. The van der Waals surface area contributed by atoms with Crippen LogP contribution >= 0.6 is 0 Å². The lowest BCUT2D eigenvalue weighted by molar-refractivity contribution is -0.137. The first kappa shape index (κ1) is 19.9. The summed E-state index contributed by atoms with van der Waals surface area (Å²) in [6.07, 6.45) is 0.302. The number of anilines is 1. The van der Waals surface area contributed by atoms with Crippen LogP contribution in [0.3, 0.4) is 0 Å². The van der Waals surface area contributed by atoms with Gasteiger partial charge in [0.15, 0.2) is 0 Å². The Bertz CT molecular complexity index is 645. The van der Waals surface area contributed by atoms with Crippen molar-refractivity contribution in [3.8, 4) is 0 Å². The summed E-state index contributed by atoms with van der Waals surface area (Å²) in [5, 5.41) is 13.5. The lowest BCUT2D eigenvalue weighted by Gasteiger charge is -2.09. The van der Waals surface area contributed by atoms with Gasteiger partial charge in [-0.1, -0.05) is 0 Å². The van der Waals surface area contributed by atoms with E-state index in [-0.39, 0.29) is 31.0 Å². The van der Waals surface area contributed by atoms with E-state index >= 15 is 0 Å². The first-order chi connectivity index (χ1) is 11.3. The van der Waals surface area contributed by atoms with Gasteiger partial charge in [0.1, 0.15) is 0 Å². The van der Waals surface area contributed by atoms with E-state index < -0.39 is 22.0 Å². The van der Waals surface area contributed by atoms with Gasteiger partial charge in [-0.2, -0.15) is 0 Å². The Morgan fingerprint density at radius 2 is 1.83 bits per heavy atom. The molecule has 1 rings (SSSR count). The molecule has 134 valence electrons. The zero-order chi connectivity index (χ0) is 18.0. The summed E-state index contributed by atoms with van der Waals surface area (Å²) >= 11 is 0. The summed E-state index contributed by atoms with van der Waals surface area (Å²) in [5.41, 5.74) is 0.418. The normalized spacial score (nSPS) is 11.0. The third-order valence-electron chi connectivity index (χ3n) is 2.87. The summed E-state index contributed by atoms with van der Waals surface area (Å²) in [5.74, 6) is -0.923. The molecule has 0 aliphatic heterocycles. The number of hydrogen-bond acceptors (Lipinski definition) is 5. The van der Waals surface area contributed by atoms with Crippen molar-refractivity contribution in [3.63, 3.8) is 0 Å². The second-order valence-electron chi connectivity index (χ2n) is 4.79. The minimum Gasteiger partial charge on any atom is -0.481 e. The summed E-state index contributed by atoms with van der Waals surface area (Å²) in [6.45, 7) is 0.659. The number of ether oxygens (including phenoxy) is 1. The zero-order valence-corrected chi connectivity index (χ0v) is 14.1. The van der Waals surface area contributed by atoms with Crippen LogP contribution in [0.5, 0.6) is 0 Å². The molecule has 10 heteroatoms. The fraction of sp³-hybridized carbons (Fsp3) is 0.429. The van der Waals surface area contributed by atoms with Crippen molar-refractivity contribution < 1.29 is 27.9 Å². The van der Waals surface area contributed by atoms with Crippen LogP contribution in [0.2, 0.25) is 0 Å². The summed E-state index contributed by atoms with van der Waals surface area (Å²) < 4.78 is 31.1. The van der Waals surface area contributed by atoms with Crippen LogP contribution in [0.15, 0.2) is 29.2 Å². The highest BCUT2D eigenvalue weighted by Crippen LogP contribution is 2.13. The number of urea groups is 1. The largest absolute Gasteiger partial charge is 0.481 e. The number of nitrogens with one attached hydrogen (secondary N) is 3. The molecule has 0 atom stereocenters. The van der Waals surface area contributed by atoms with Gasteiger partial charge in [0.25, 0.3) is 0 Å². The predicted octanol–water partition coefficient (Wildman–Crippen LogP) is 0.598. The maximum Gasteiger partial charge on any atom is 0.319 e. The van der Waals surface area contributed by atoms with Crippen LogP contribution in [-0.4, -0.2) is 52.3 Å². The second-order valence-corrected chi connectivity index (χ2v) is 6.56. The molecule has 9 nitrogen and oxygen atoms in total. The van der Waals surface area contributed by atoms with E-state index in [2.05, 4.69) is 15.4 Å². The van der Waals surface area contributed by atoms with Crippen molar-refractivity contribution in [2.75, 3.05) is 32.1 Å². The van der Waals surface area contributed by atoms with Crippen LogP contribution in [0, 0.1) is 0 Å². The molecule has 0 radical (unpaired) electrons. The zero-order valence-electron chi connectivity index (χ0n) is 13.2. The van der Waals surface area contributed by atoms with E-state index in [0.717, 1.165) is 0 Å². The number of hydrogen-bond donors (Lipinski definition) is 4. The van der Waals surface area contributed by atoms with Crippen molar-refractivity contribution in [2.45, 2.75) is 17.7 Å². The number of sulfonamides is 1. The Balaban J connectivity index is 2.49. The summed E-state index contributed by atoms with van der Waals surface area (Å²) in [4.78, 5) is 22.0. The fourth-order valence-corrected chi connectivity index (χ4v) is 2.71. The minimum absolute atomic E-state index is 0.0249. The van der Waals surface area contributed by atoms with Crippen molar-refractivity contribution in [1.29, 1.82) is 0 Å². The number of amides is 2. The Kier molecular flexibility index (Phi) is 8.16. The Hall–Kier alpha value is -2.17. The summed E-state index contributed by atoms with van der Waals surface area (Å²) in [7, 11) is -2.14. The molecule has 0 spiro atoms. The van der Waals surface area contributed by atoms with Crippen LogP contribution in [0.1, 0.15) is 12.8 Å². The van der Waals surface area contributed by atoms with E-state index in [1.807, 2.05) is 0 Å². The molecular formula is C14H21N3O6S. The molecule has 1 aromatic rings. The first-order valence-corrected chi connectivity index (χ1v) is 8.69. The number of benzene rings is 1. The molecule has 0 unspecified atom stereocenters. The van der Waals surface area contributed by atoms with Crippen LogP contribution in [0.4, 0.5) is 10.5 Å². The molecule has 4 N–H and O–H groups in total. The van der Waals surface area contributed by atoms with Gasteiger partial charge < -0.3 is 20.5 Å². The van der Waals surface area contributed by atoms with E-state index in [1.165, 1.54) is 31.4 Å². The van der Waals surface area contributed by atoms with E-state index in [4.69, 9.17) is 9.84 Å². The first-order valence-electron chi connectivity index (χ1n) is 7.20. The van der Waals surface area contributed by atoms with Gasteiger partial charge in [0.2, 0.25) is 10.0 Å². The highest BCUT2D eigenvalue weighted by atomic mass is 32.2. The fourth-order valence-electron chi connectivity index (χ4n) is 1.70. The molecule has 0 fully saturated rings. The number of carboxylic acid groups (broad SMARTS) is 1. The smallest absolute Gasteiger partial charge is 0.319 e. The molecule has 1 aromatic carbocycles. The van der Waals surface area contributed by atoms with Gasteiger partial charge in [0, 0.05) is 32.3 Å². The van der Waals surface area contributed by atoms with Gasteiger partial charge in [-0.15, -0.1) is 0 Å². The average Bonchev–Trinajstić information content (AvgIpc) is 2.52. The predicted molar refractivity (Wildman–Crippen MR) is 87.4 cm³/mol. The highest BCUT2D eigenvalue weighted by molar-refractivity contribution is 7.89. The maximum atomic E-state index is 12.0. The van der Waals surface area contributed by atoms with E-state index in [1.54, 1.807) is 0 Å². The molecule has 0 bridgehead atoms. The molecule has 0 saturated heterocycles. The number of carbonyl (C=O) groups excluding carboxylic acids is 1. The van der Waals surface area contributed by atoms with Crippen LogP contribution in [0.25, 0.3) is 0 Å². The molecule has 0 aliphatic rings. The minimum atomic E-state index is -3.62. The summed E-state index contributed by atoms with van der Waals surface area (Å²) in [6, 6.07) is 5.17. The van der Waals surface area contributed by atoms with Gasteiger partial charge in [0.05, 0.1) is 11.5 Å². The maximum absolute atomic E-state index is 12.0.